The number of nitrogens with zero attached hydrogens (tertiary/aromatic N) is 3. The van der Waals surface area contributed by atoms with E-state index in [-0.39, 0.29) is 36.0 Å². The number of carbonyl (C=O) groups is 2. The Balaban J connectivity index is 1.65. The minimum atomic E-state index is -0.456. The fraction of sp³-hybridized carbons (Fsp3) is 0.414. The topological polar surface area (TPSA) is 76.5 Å². The molecule has 0 radical (unpaired) electrons. The number of amides is 2. The van der Waals surface area contributed by atoms with E-state index in [0.29, 0.717) is 35.9 Å². The van der Waals surface area contributed by atoms with Crippen LogP contribution in [0, 0.1) is 11.6 Å². The maximum absolute atomic E-state index is 14.4. The Kier molecular flexibility index (Phi) is 7.77. The van der Waals surface area contributed by atoms with Crippen LogP contribution in [0.15, 0.2) is 48.5 Å². The molecule has 0 bridgehead atoms. The van der Waals surface area contributed by atoms with E-state index in [0.717, 1.165) is 18.4 Å². The predicted molar refractivity (Wildman–Crippen MR) is 147 cm³/mol. The van der Waals surface area contributed by atoms with Gasteiger partial charge in [-0.1, -0.05) is 32.9 Å². The molecule has 2 aromatic carbocycles. The second kappa shape index (κ2) is 11.1. The fourth-order valence-corrected chi connectivity index (χ4v) is 6.19. The molecule has 1 aromatic heterocycles. The third-order valence-corrected chi connectivity index (χ3v) is 8.13. The Morgan fingerprint density at radius 3 is 2.59 bits per heavy atom. The maximum Gasteiger partial charge on any atom is 0.240 e. The number of ether oxygens (including phenoxy) is 1. The molecule has 5 rings (SSSR count). The Labute approximate surface area is 230 Å². The predicted octanol–water partition coefficient (Wildman–Crippen LogP) is 4.91. The van der Waals surface area contributed by atoms with Crippen LogP contribution in [0.25, 0.3) is 5.69 Å². The molecule has 3 aromatic rings. The van der Waals surface area contributed by atoms with Crippen LogP contribution >= 0.6 is 11.8 Å². The van der Waals surface area contributed by atoms with E-state index in [9.17, 15) is 18.4 Å². The molecule has 1 saturated heterocycles. The second-order valence-corrected chi connectivity index (χ2v) is 12.0. The van der Waals surface area contributed by atoms with E-state index in [4.69, 9.17) is 9.84 Å². The van der Waals surface area contributed by atoms with Crippen molar-refractivity contribution in [2.75, 3.05) is 30.3 Å². The van der Waals surface area contributed by atoms with Crippen molar-refractivity contribution in [1.29, 1.82) is 0 Å². The van der Waals surface area contributed by atoms with Gasteiger partial charge in [0.1, 0.15) is 24.0 Å². The molecule has 0 saturated carbocycles. The number of carbonyl (C=O) groups excluding carboxylic acids is 2. The zero-order valence-corrected chi connectivity index (χ0v) is 23.1. The van der Waals surface area contributed by atoms with Crippen LogP contribution in [-0.2, 0) is 19.7 Å². The van der Waals surface area contributed by atoms with Crippen molar-refractivity contribution in [2.45, 2.75) is 50.4 Å². The van der Waals surface area contributed by atoms with Crippen LogP contribution < -0.4 is 10.2 Å². The molecular formula is C29H32F2N4O3S. The molecule has 3 heterocycles. The Morgan fingerprint density at radius 1 is 1.15 bits per heavy atom. The number of halogens is 2. The first-order valence-corrected chi connectivity index (χ1v) is 14.1. The van der Waals surface area contributed by atoms with Gasteiger partial charge in [0.2, 0.25) is 11.8 Å². The Bertz CT molecular complexity index is 1360. The third-order valence-electron chi connectivity index (χ3n) is 6.87. The molecule has 0 aliphatic carbocycles. The fourth-order valence-electron chi connectivity index (χ4n) is 5.00. The molecule has 2 atom stereocenters. The Hall–Kier alpha value is -3.24. The van der Waals surface area contributed by atoms with Crippen LogP contribution in [-0.4, -0.2) is 53.1 Å². The first kappa shape index (κ1) is 27.3. The summed E-state index contributed by atoms with van der Waals surface area (Å²) >= 11 is 1.38. The zero-order valence-electron chi connectivity index (χ0n) is 22.2. The number of hydrogen-bond acceptors (Lipinski definition) is 5. The van der Waals surface area contributed by atoms with Gasteiger partial charge in [-0.25, -0.2) is 13.5 Å². The number of aromatic nitrogens is 2. The van der Waals surface area contributed by atoms with Crippen LogP contribution in [0.3, 0.4) is 0 Å². The van der Waals surface area contributed by atoms with Gasteiger partial charge >= 0.3 is 0 Å². The summed E-state index contributed by atoms with van der Waals surface area (Å²) in [4.78, 5) is 28.2. The average molecular weight is 555 g/mol. The van der Waals surface area contributed by atoms with Crippen LogP contribution in [0.4, 0.5) is 14.6 Å². The maximum atomic E-state index is 14.4. The minimum absolute atomic E-state index is 0.0329. The van der Waals surface area contributed by atoms with Crippen molar-refractivity contribution in [3.63, 3.8) is 0 Å². The van der Waals surface area contributed by atoms with Gasteiger partial charge < -0.3 is 10.1 Å². The average Bonchev–Trinajstić information content (AvgIpc) is 3.52. The highest BCUT2D eigenvalue weighted by atomic mass is 32.2. The SMILES string of the molecule is CC(C)(C)c1nn(-c2ccc(F)cc2)c2c1C(c1cccc(F)c1)SCC(=O)N2CC(=O)NCC1CCCO1. The van der Waals surface area contributed by atoms with Crippen LogP contribution in [0.1, 0.15) is 55.7 Å². The van der Waals surface area contributed by atoms with E-state index < -0.39 is 16.5 Å². The zero-order chi connectivity index (χ0) is 27.7. The number of fused-ring (bicyclic) bond motifs is 1. The molecule has 2 unspecified atom stereocenters. The molecule has 39 heavy (non-hydrogen) atoms. The number of anilines is 1. The first-order valence-electron chi connectivity index (χ1n) is 13.1. The van der Waals surface area contributed by atoms with E-state index in [2.05, 4.69) is 5.32 Å². The lowest BCUT2D eigenvalue weighted by Gasteiger charge is -2.24. The van der Waals surface area contributed by atoms with Gasteiger partial charge in [0, 0.05) is 24.1 Å². The van der Waals surface area contributed by atoms with Gasteiger partial charge in [0.25, 0.3) is 0 Å². The van der Waals surface area contributed by atoms with Crippen molar-refractivity contribution in [1.82, 2.24) is 15.1 Å². The molecule has 2 aliphatic heterocycles. The monoisotopic (exact) mass is 554 g/mol. The molecule has 1 N–H and O–H groups in total. The molecule has 2 amide bonds. The van der Waals surface area contributed by atoms with Crippen molar-refractivity contribution in [3.05, 3.63) is 77.0 Å². The summed E-state index contributed by atoms with van der Waals surface area (Å²) in [6.45, 7) is 6.89. The highest BCUT2D eigenvalue weighted by Gasteiger charge is 2.40. The molecular weight excluding hydrogens is 522 g/mol. The van der Waals surface area contributed by atoms with Gasteiger partial charge in [-0.15, -0.1) is 11.8 Å². The van der Waals surface area contributed by atoms with Gasteiger partial charge in [0.05, 0.1) is 28.5 Å². The van der Waals surface area contributed by atoms with Crippen LogP contribution in [0.2, 0.25) is 0 Å². The third kappa shape index (κ3) is 5.86. The van der Waals surface area contributed by atoms with Crippen molar-refractivity contribution >= 4 is 29.4 Å². The van der Waals surface area contributed by atoms with E-state index in [1.54, 1.807) is 22.9 Å². The summed E-state index contributed by atoms with van der Waals surface area (Å²) < 4.78 is 35.5. The highest BCUT2D eigenvalue weighted by molar-refractivity contribution is 8.00. The highest BCUT2D eigenvalue weighted by Crippen LogP contribution is 2.48. The second-order valence-electron chi connectivity index (χ2n) is 10.9. The summed E-state index contributed by atoms with van der Waals surface area (Å²) in [7, 11) is 0. The summed E-state index contributed by atoms with van der Waals surface area (Å²) in [5.41, 5.74) is 2.24. The van der Waals surface area contributed by atoms with Crippen molar-refractivity contribution in [3.8, 4) is 5.69 Å². The van der Waals surface area contributed by atoms with Crippen molar-refractivity contribution in [2.24, 2.45) is 0 Å². The Morgan fingerprint density at radius 2 is 1.92 bits per heavy atom. The molecule has 1 fully saturated rings. The number of rotatable bonds is 6. The molecule has 7 nitrogen and oxygen atoms in total. The van der Waals surface area contributed by atoms with Crippen LogP contribution in [0.5, 0.6) is 0 Å². The van der Waals surface area contributed by atoms with E-state index in [1.807, 2.05) is 26.8 Å². The number of hydrogen-bond donors (Lipinski definition) is 1. The quantitative estimate of drug-likeness (QED) is 0.469. The van der Waals surface area contributed by atoms with E-state index in [1.165, 1.54) is 40.9 Å². The lowest BCUT2D eigenvalue weighted by Crippen LogP contribution is -2.44. The molecule has 10 heteroatoms. The van der Waals surface area contributed by atoms with E-state index >= 15 is 0 Å². The molecule has 206 valence electrons. The van der Waals surface area contributed by atoms with Gasteiger partial charge in [0.15, 0.2) is 0 Å². The normalized spacial score (nSPS) is 19.6. The molecule has 2 aliphatic rings. The van der Waals surface area contributed by atoms with Gasteiger partial charge in [-0.2, -0.15) is 5.10 Å². The summed E-state index contributed by atoms with van der Waals surface area (Å²) in [6, 6.07) is 12.2. The summed E-state index contributed by atoms with van der Waals surface area (Å²) in [5.74, 6) is -0.842. The lowest BCUT2D eigenvalue weighted by molar-refractivity contribution is -0.123. The van der Waals surface area contributed by atoms with Gasteiger partial charge in [-0.05, 0) is 54.8 Å². The largest absolute Gasteiger partial charge is 0.376 e. The number of nitrogens with one attached hydrogen (secondary N) is 1. The van der Waals surface area contributed by atoms with Crippen molar-refractivity contribution < 1.29 is 23.1 Å². The summed E-state index contributed by atoms with van der Waals surface area (Å²) in [5, 5.41) is 7.44. The standard InChI is InChI=1S/C29H32F2N4O3S/c1-29(2,3)27-25-26(18-6-4-7-20(31)14-18)39-17-24(37)34(16-23(36)32-15-22-8-5-13-38-22)28(25)35(33-27)21-11-9-19(30)10-12-21/h4,6-7,9-12,14,22,26H,5,8,13,15-17H2,1-3H3,(H,32,36). The smallest absolute Gasteiger partial charge is 0.240 e. The molecule has 0 spiro atoms. The number of benzene rings is 2. The van der Waals surface area contributed by atoms with Gasteiger partial charge in [-0.3, -0.25) is 14.5 Å². The lowest BCUT2D eigenvalue weighted by atomic mass is 9.87. The first-order chi connectivity index (χ1) is 18.6. The minimum Gasteiger partial charge on any atom is -0.376 e. The number of thioether (sulfide) groups is 1. The summed E-state index contributed by atoms with van der Waals surface area (Å²) in [6.07, 6.45) is 1.81.